The number of pyridine rings is 1. The summed E-state index contributed by atoms with van der Waals surface area (Å²) in [5.74, 6) is 0.232. The first-order chi connectivity index (χ1) is 9.50. The topological polar surface area (TPSA) is 100 Å². The largest absolute Gasteiger partial charge is 0.329 e. The summed E-state index contributed by atoms with van der Waals surface area (Å²) in [7, 11) is -3.65. The van der Waals surface area contributed by atoms with E-state index < -0.39 is 10.0 Å². The van der Waals surface area contributed by atoms with Crippen LogP contribution in [0.5, 0.6) is 0 Å². The SMILES string of the molecule is CC1CCCN(S(=O)(=O)c2cncc(C#N)c2)C1CN. The lowest BCUT2D eigenvalue weighted by Crippen LogP contribution is -2.51. The maximum Gasteiger partial charge on any atom is 0.244 e. The summed E-state index contributed by atoms with van der Waals surface area (Å²) in [6.07, 6.45) is 4.42. The molecule has 0 saturated carbocycles. The van der Waals surface area contributed by atoms with Crippen LogP contribution in [0.1, 0.15) is 25.3 Å². The van der Waals surface area contributed by atoms with Crippen molar-refractivity contribution in [3.05, 3.63) is 24.0 Å². The molecule has 0 amide bonds. The highest BCUT2D eigenvalue weighted by Gasteiger charge is 2.36. The van der Waals surface area contributed by atoms with E-state index in [-0.39, 0.29) is 22.4 Å². The van der Waals surface area contributed by atoms with Crippen molar-refractivity contribution in [2.45, 2.75) is 30.7 Å². The molecule has 6 nitrogen and oxygen atoms in total. The van der Waals surface area contributed by atoms with Crippen LogP contribution in [0.4, 0.5) is 0 Å². The van der Waals surface area contributed by atoms with Gasteiger partial charge in [-0.15, -0.1) is 0 Å². The monoisotopic (exact) mass is 294 g/mol. The molecule has 0 aliphatic carbocycles. The van der Waals surface area contributed by atoms with E-state index in [1.807, 2.05) is 13.0 Å². The Bertz CT molecular complexity index is 624. The molecule has 1 aromatic rings. The van der Waals surface area contributed by atoms with Crippen LogP contribution in [0.15, 0.2) is 23.4 Å². The Balaban J connectivity index is 2.40. The number of hydrogen-bond donors (Lipinski definition) is 1. The summed E-state index contributed by atoms with van der Waals surface area (Å²) in [4.78, 5) is 3.89. The molecule has 1 saturated heterocycles. The molecule has 2 atom stereocenters. The number of sulfonamides is 1. The van der Waals surface area contributed by atoms with E-state index in [1.165, 1.54) is 22.8 Å². The van der Waals surface area contributed by atoms with Crippen LogP contribution in [0, 0.1) is 17.2 Å². The van der Waals surface area contributed by atoms with Crippen LogP contribution in [0.25, 0.3) is 0 Å². The predicted molar refractivity (Wildman–Crippen MR) is 74.1 cm³/mol. The first-order valence-electron chi connectivity index (χ1n) is 6.57. The fraction of sp³-hybridized carbons (Fsp3) is 0.538. The van der Waals surface area contributed by atoms with E-state index in [1.54, 1.807) is 0 Å². The van der Waals surface area contributed by atoms with Gasteiger partial charge in [0.2, 0.25) is 10.0 Å². The van der Waals surface area contributed by atoms with Gasteiger partial charge in [-0.2, -0.15) is 9.57 Å². The highest BCUT2D eigenvalue weighted by atomic mass is 32.2. The van der Waals surface area contributed by atoms with E-state index in [9.17, 15) is 8.42 Å². The van der Waals surface area contributed by atoms with E-state index in [4.69, 9.17) is 11.0 Å². The van der Waals surface area contributed by atoms with E-state index in [0.29, 0.717) is 13.1 Å². The molecule has 0 spiro atoms. The Hall–Kier alpha value is -1.49. The van der Waals surface area contributed by atoms with E-state index in [2.05, 4.69) is 4.98 Å². The molecule has 2 N–H and O–H groups in total. The number of rotatable bonds is 3. The third-order valence-electron chi connectivity index (χ3n) is 3.76. The van der Waals surface area contributed by atoms with Gasteiger partial charge >= 0.3 is 0 Å². The second kappa shape index (κ2) is 5.87. The van der Waals surface area contributed by atoms with Crippen LogP contribution in [-0.4, -0.2) is 36.8 Å². The zero-order valence-corrected chi connectivity index (χ0v) is 12.2. The lowest BCUT2D eigenvalue weighted by atomic mass is 9.93. The quantitative estimate of drug-likeness (QED) is 0.884. The minimum absolute atomic E-state index is 0.0594. The Morgan fingerprint density at radius 1 is 1.55 bits per heavy atom. The molecule has 0 bridgehead atoms. The van der Waals surface area contributed by atoms with Crippen LogP contribution < -0.4 is 5.73 Å². The molecule has 20 heavy (non-hydrogen) atoms. The number of hydrogen-bond acceptors (Lipinski definition) is 5. The van der Waals surface area contributed by atoms with Crippen LogP contribution in [0.3, 0.4) is 0 Å². The fourth-order valence-corrected chi connectivity index (χ4v) is 4.38. The molecule has 2 rings (SSSR count). The summed E-state index contributed by atoms with van der Waals surface area (Å²) in [6, 6.07) is 3.07. The van der Waals surface area contributed by atoms with Crippen LogP contribution in [0.2, 0.25) is 0 Å². The minimum atomic E-state index is -3.65. The van der Waals surface area contributed by atoms with Crippen molar-refractivity contribution in [2.24, 2.45) is 11.7 Å². The lowest BCUT2D eigenvalue weighted by molar-refractivity contribution is 0.192. The van der Waals surface area contributed by atoms with Crippen molar-refractivity contribution in [3.8, 4) is 6.07 Å². The summed E-state index contributed by atoms with van der Waals surface area (Å²) in [5, 5.41) is 8.86. The molecular weight excluding hydrogens is 276 g/mol. The third kappa shape index (κ3) is 2.68. The fourth-order valence-electron chi connectivity index (χ4n) is 2.62. The number of piperidine rings is 1. The molecule has 1 aromatic heterocycles. The van der Waals surface area contributed by atoms with Crippen molar-refractivity contribution in [1.82, 2.24) is 9.29 Å². The molecule has 0 aromatic carbocycles. The molecule has 108 valence electrons. The molecule has 1 fully saturated rings. The molecule has 2 unspecified atom stereocenters. The van der Waals surface area contributed by atoms with Gasteiger partial charge in [-0.3, -0.25) is 4.98 Å². The van der Waals surface area contributed by atoms with Crippen molar-refractivity contribution >= 4 is 10.0 Å². The standard InChI is InChI=1S/C13H18N4O2S/c1-10-3-2-4-17(13(10)7-15)20(18,19)12-5-11(6-14)8-16-9-12/h5,8-10,13H,2-4,7,15H2,1H3. The van der Waals surface area contributed by atoms with E-state index in [0.717, 1.165) is 12.8 Å². The molecular formula is C13H18N4O2S. The zero-order chi connectivity index (χ0) is 14.8. The van der Waals surface area contributed by atoms with Gasteiger partial charge in [0.1, 0.15) is 11.0 Å². The van der Waals surface area contributed by atoms with Crippen LogP contribution in [-0.2, 0) is 10.0 Å². The van der Waals surface area contributed by atoms with Gasteiger partial charge in [-0.25, -0.2) is 8.42 Å². The van der Waals surface area contributed by atoms with Gasteiger partial charge < -0.3 is 5.73 Å². The zero-order valence-electron chi connectivity index (χ0n) is 11.4. The minimum Gasteiger partial charge on any atom is -0.329 e. The Labute approximate surface area is 119 Å². The molecule has 2 heterocycles. The first-order valence-corrected chi connectivity index (χ1v) is 8.01. The highest BCUT2D eigenvalue weighted by Crippen LogP contribution is 2.28. The van der Waals surface area contributed by atoms with Gasteiger partial charge in [0.05, 0.1) is 5.56 Å². The summed E-state index contributed by atoms with van der Waals surface area (Å²) in [6.45, 7) is 2.78. The number of nitrogens with two attached hydrogens (primary N) is 1. The second-order valence-electron chi connectivity index (χ2n) is 5.06. The maximum atomic E-state index is 12.7. The van der Waals surface area contributed by atoms with Crippen molar-refractivity contribution in [1.29, 1.82) is 5.26 Å². The molecule has 1 aliphatic rings. The first kappa shape index (κ1) is 14.9. The Morgan fingerprint density at radius 3 is 2.95 bits per heavy atom. The van der Waals surface area contributed by atoms with Crippen molar-refractivity contribution < 1.29 is 8.42 Å². The summed E-state index contributed by atoms with van der Waals surface area (Å²) in [5.41, 5.74) is 5.98. The molecule has 7 heteroatoms. The highest BCUT2D eigenvalue weighted by molar-refractivity contribution is 7.89. The van der Waals surface area contributed by atoms with Crippen molar-refractivity contribution in [2.75, 3.05) is 13.1 Å². The van der Waals surface area contributed by atoms with Gasteiger partial charge in [-0.1, -0.05) is 6.92 Å². The molecule has 1 aliphatic heterocycles. The van der Waals surface area contributed by atoms with Gasteiger partial charge in [0.15, 0.2) is 0 Å². The maximum absolute atomic E-state index is 12.7. The average Bonchev–Trinajstić information content (AvgIpc) is 2.47. The normalized spacial score (nSPS) is 24.2. The Kier molecular flexibility index (Phi) is 4.38. The second-order valence-corrected chi connectivity index (χ2v) is 6.95. The van der Waals surface area contributed by atoms with Gasteiger partial charge in [0.25, 0.3) is 0 Å². The number of nitrogens with zero attached hydrogens (tertiary/aromatic N) is 3. The van der Waals surface area contributed by atoms with Crippen molar-refractivity contribution in [3.63, 3.8) is 0 Å². The third-order valence-corrected chi connectivity index (χ3v) is 5.64. The lowest BCUT2D eigenvalue weighted by Gasteiger charge is -2.38. The van der Waals surface area contributed by atoms with E-state index >= 15 is 0 Å². The molecule has 0 radical (unpaired) electrons. The smallest absolute Gasteiger partial charge is 0.244 e. The number of nitriles is 1. The van der Waals surface area contributed by atoms with Gasteiger partial charge in [-0.05, 0) is 24.8 Å². The predicted octanol–water partition coefficient (Wildman–Crippen LogP) is 0.701. The number of aromatic nitrogens is 1. The summed E-state index contributed by atoms with van der Waals surface area (Å²) >= 11 is 0. The van der Waals surface area contributed by atoms with Gasteiger partial charge in [0, 0.05) is 31.5 Å². The average molecular weight is 294 g/mol. The van der Waals surface area contributed by atoms with Crippen LogP contribution >= 0.6 is 0 Å². The Morgan fingerprint density at radius 2 is 2.30 bits per heavy atom. The summed E-state index contributed by atoms with van der Waals surface area (Å²) < 4.78 is 26.8.